The second kappa shape index (κ2) is 10.6. The van der Waals surface area contributed by atoms with E-state index in [0.29, 0.717) is 30.6 Å². The first-order chi connectivity index (χ1) is 17.1. The van der Waals surface area contributed by atoms with Crippen molar-refractivity contribution in [1.29, 1.82) is 0 Å². The van der Waals surface area contributed by atoms with Crippen LogP contribution in [0.4, 0.5) is 16.2 Å². The number of hydrogen-bond acceptors (Lipinski definition) is 6. The number of hydrogen-bond donors (Lipinski definition) is 1. The number of nitrogens with one attached hydrogen (secondary N) is 1. The molecule has 11 heteroatoms. The molecule has 0 unspecified atom stereocenters. The van der Waals surface area contributed by atoms with E-state index >= 15 is 0 Å². The van der Waals surface area contributed by atoms with Gasteiger partial charge < -0.3 is 4.74 Å². The predicted molar refractivity (Wildman–Crippen MR) is 144 cm³/mol. The van der Waals surface area contributed by atoms with Crippen LogP contribution in [-0.4, -0.2) is 22.8 Å². The highest BCUT2D eigenvalue weighted by Gasteiger charge is 2.36. The number of anilines is 1. The Morgan fingerprint density at radius 3 is 2.50 bits per heavy atom. The van der Waals surface area contributed by atoms with E-state index in [4.69, 9.17) is 4.74 Å². The van der Waals surface area contributed by atoms with Gasteiger partial charge in [-0.2, -0.15) is 0 Å². The molecule has 0 bridgehead atoms. The molecule has 0 spiro atoms. The summed E-state index contributed by atoms with van der Waals surface area (Å²) in [5, 5.41) is 13.2. The zero-order valence-corrected chi connectivity index (χ0v) is 22.4. The van der Waals surface area contributed by atoms with Gasteiger partial charge in [-0.3, -0.25) is 25.0 Å². The van der Waals surface area contributed by atoms with E-state index in [9.17, 15) is 24.5 Å². The van der Waals surface area contributed by atoms with Crippen LogP contribution in [-0.2, 0) is 16.2 Å². The molecule has 182 valence electrons. The Morgan fingerprint density at radius 2 is 1.83 bits per heavy atom. The van der Waals surface area contributed by atoms with E-state index in [0.717, 1.165) is 10.5 Å². The SMILES string of the molecule is Cc1ccc(N2C(=O)NC(=O)/C(=C\c3cc(Br)c(OCc4cccc([N+](=O)[O-])c4)c(I)c3)C2=O)cc1. The zero-order chi connectivity index (χ0) is 26.0. The Bertz CT molecular complexity index is 1410. The maximum absolute atomic E-state index is 13.1. The number of halogens is 2. The quantitative estimate of drug-likeness (QED) is 0.122. The molecule has 4 rings (SSSR count). The summed E-state index contributed by atoms with van der Waals surface area (Å²) in [5.41, 5.74) is 2.25. The lowest BCUT2D eigenvalue weighted by Crippen LogP contribution is -2.54. The fraction of sp³-hybridized carbons (Fsp3) is 0.0800. The number of rotatable bonds is 6. The Balaban J connectivity index is 1.59. The number of benzene rings is 3. The molecule has 0 saturated carbocycles. The van der Waals surface area contributed by atoms with E-state index in [2.05, 4.69) is 43.8 Å². The van der Waals surface area contributed by atoms with Gasteiger partial charge in [0.05, 0.1) is 18.7 Å². The topological polar surface area (TPSA) is 119 Å². The van der Waals surface area contributed by atoms with E-state index in [-0.39, 0.29) is 17.9 Å². The number of ether oxygens (including phenoxy) is 1. The average Bonchev–Trinajstić information content (AvgIpc) is 2.82. The van der Waals surface area contributed by atoms with Crippen molar-refractivity contribution in [3.05, 3.63) is 101 Å². The van der Waals surface area contributed by atoms with Crippen LogP contribution in [0.15, 0.2) is 70.7 Å². The Labute approximate surface area is 227 Å². The van der Waals surface area contributed by atoms with Crippen molar-refractivity contribution in [2.75, 3.05) is 4.90 Å². The third-order valence-electron chi connectivity index (χ3n) is 5.23. The van der Waals surface area contributed by atoms with E-state index in [1.54, 1.807) is 48.5 Å². The van der Waals surface area contributed by atoms with Gasteiger partial charge in [0.1, 0.15) is 17.9 Å². The molecule has 1 heterocycles. The minimum Gasteiger partial charge on any atom is -0.487 e. The number of barbiturate groups is 1. The normalized spacial score (nSPS) is 14.7. The summed E-state index contributed by atoms with van der Waals surface area (Å²) >= 11 is 5.51. The molecule has 4 amide bonds. The Kier molecular flexibility index (Phi) is 7.50. The summed E-state index contributed by atoms with van der Waals surface area (Å²) in [6, 6.07) is 15.5. The van der Waals surface area contributed by atoms with Gasteiger partial charge in [-0.05, 0) is 86.9 Å². The van der Waals surface area contributed by atoms with Crippen LogP contribution in [0.5, 0.6) is 5.75 Å². The third kappa shape index (κ3) is 5.46. The van der Waals surface area contributed by atoms with Gasteiger partial charge in [0.15, 0.2) is 0 Å². The highest BCUT2D eigenvalue weighted by Crippen LogP contribution is 2.34. The molecule has 3 aromatic rings. The van der Waals surface area contributed by atoms with Crippen LogP contribution < -0.4 is 15.0 Å². The molecule has 36 heavy (non-hydrogen) atoms. The summed E-state index contributed by atoms with van der Waals surface area (Å²) in [6.45, 7) is 1.98. The lowest BCUT2D eigenvalue weighted by molar-refractivity contribution is -0.384. The average molecular weight is 662 g/mol. The molecule has 1 aliphatic rings. The van der Waals surface area contributed by atoms with Crippen LogP contribution in [0.1, 0.15) is 16.7 Å². The summed E-state index contributed by atoms with van der Waals surface area (Å²) in [7, 11) is 0. The first-order valence-corrected chi connectivity index (χ1v) is 12.3. The molecule has 0 atom stereocenters. The van der Waals surface area contributed by atoms with Gasteiger partial charge in [0.2, 0.25) is 0 Å². The fourth-order valence-electron chi connectivity index (χ4n) is 3.47. The van der Waals surface area contributed by atoms with Gasteiger partial charge in [0.25, 0.3) is 17.5 Å². The van der Waals surface area contributed by atoms with E-state index in [1.165, 1.54) is 18.2 Å². The minimum absolute atomic E-state index is 0.0274. The van der Waals surface area contributed by atoms with Gasteiger partial charge in [-0.25, -0.2) is 9.69 Å². The highest BCUT2D eigenvalue weighted by atomic mass is 127. The number of imide groups is 2. The molecule has 0 radical (unpaired) electrons. The minimum atomic E-state index is -0.813. The molecular formula is C25H17BrIN3O6. The number of nitro groups is 1. The van der Waals surface area contributed by atoms with Crippen LogP contribution >= 0.6 is 38.5 Å². The van der Waals surface area contributed by atoms with Crippen molar-refractivity contribution >= 4 is 73.8 Å². The van der Waals surface area contributed by atoms with E-state index < -0.39 is 22.8 Å². The molecule has 0 aromatic heterocycles. The molecule has 1 aliphatic heterocycles. The smallest absolute Gasteiger partial charge is 0.335 e. The second-order valence-electron chi connectivity index (χ2n) is 7.82. The van der Waals surface area contributed by atoms with Crippen molar-refractivity contribution in [2.45, 2.75) is 13.5 Å². The van der Waals surface area contributed by atoms with Crippen molar-refractivity contribution in [3.63, 3.8) is 0 Å². The number of carbonyl (C=O) groups is 3. The molecule has 9 nitrogen and oxygen atoms in total. The first-order valence-electron chi connectivity index (χ1n) is 10.5. The summed E-state index contributed by atoms with van der Waals surface area (Å²) < 4.78 is 7.11. The fourth-order valence-corrected chi connectivity index (χ4v) is 5.24. The monoisotopic (exact) mass is 661 g/mol. The van der Waals surface area contributed by atoms with Gasteiger partial charge in [-0.15, -0.1) is 0 Å². The maximum atomic E-state index is 13.1. The van der Waals surface area contributed by atoms with Gasteiger partial charge >= 0.3 is 6.03 Å². The van der Waals surface area contributed by atoms with Gasteiger partial charge in [-0.1, -0.05) is 29.8 Å². The molecule has 1 saturated heterocycles. The van der Waals surface area contributed by atoms with E-state index in [1.807, 2.05) is 6.92 Å². The van der Waals surface area contributed by atoms with Crippen LogP contribution in [0.2, 0.25) is 0 Å². The Morgan fingerprint density at radius 1 is 1.11 bits per heavy atom. The van der Waals surface area contributed by atoms with Gasteiger partial charge in [0, 0.05) is 12.1 Å². The molecule has 1 fully saturated rings. The number of non-ortho nitro benzene ring substituents is 1. The lowest BCUT2D eigenvalue weighted by atomic mass is 10.1. The zero-order valence-electron chi connectivity index (χ0n) is 18.7. The first kappa shape index (κ1) is 25.5. The molecular weight excluding hydrogens is 645 g/mol. The number of aryl methyl sites for hydroxylation is 1. The summed E-state index contributed by atoms with van der Waals surface area (Å²) in [4.78, 5) is 49.4. The predicted octanol–water partition coefficient (Wildman–Crippen LogP) is 5.52. The van der Waals surface area contributed by atoms with Crippen LogP contribution in [0, 0.1) is 20.6 Å². The number of nitrogens with zero attached hydrogens (tertiary/aromatic N) is 2. The second-order valence-corrected chi connectivity index (χ2v) is 9.84. The number of carbonyl (C=O) groups excluding carboxylic acids is 3. The van der Waals surface area contributed by atoms with Crippen LogP contribution in [0.3, 0.4) is 0 Å². The number of amides is 4. The van der Waals surface area contributed by atoms with Crippen molar-refractivity contribution < 1.29 is 24.0 Å². The summed E-state index contributed by atoms with van der Waals surface area (Å²) in [5.74, 6) is -1.02. The highest BCUT2D eigenvalue weighted by molar-refractivity contribution is 14.1. The maximum Gasteiger partial charge on any atom is 0.335 e. The molecule has 0 aliphatic carbocycles. The summed E-state index contributed by atoms with van der Waals surface area (Å²) in [6.07, 6.45) is 1.41. The van der Waals surface area contributed by atoms with Crippen molar-refractivity contribution in [3.8, 4) is 5.75 Å². The number of nitro benzene ring substituents is 1. The standard InChI is InChI=1S/C25H17BrIN3O6/c1-14-5-7-17(8-6-14)29-24(32)19(23(31)28-25(29)33)10-16-11-20(26)22(21(27)12-16)36-13-15-3-2-4-18(9-15)30(34)35/h2-12H,13H2,1H3,(H,28,31,33)/b19-10+. The van der Waals surface area contributed by atoms with Crippen molar-refractivity contribution in [1.82, 2.24) is 5.32 Å². The molecule has 1 N–H and O–H groups in total. The molecule has 3 aromatic carbocycles. The largest absolute Gasteiger partial charge is 0.487 e. The van der Waals surface area contributed by atoms with Crippen LogP contribution in [0.25, 0.3) is 6.08 Å². The van der Waals surface area contributed by atoms with Crippen molar-refractivity contribution in [2.24, 2.45) is 0 Å². The Hall–Kier alpha value is -3.58. The third-order valence-corrected chi connectivity index (χ3v) is 6.62. The lowest BCUT2D eigenvalue weighted by Gasteiger charge is -2.26. The number of urea groups is 1.